The number of carbonyl (C=O) groups excluding carboxylic acids is 2. The van der Waals surface area contributed by atoms with Crippen LogP contribution in [0.5, 0.6) is 0 Å². The maximum absolute atomic E-state index is 12.8. The lowest BCUT2D eigenvalue weighted by Crippen LogP contribution is -2.45. The first-order valence-electron chi connectivity index (χ1n) is 11.5. The van der Waals surface area contributed by atoms with Gasteiger partial charge in [-0.2, -0.15) is 0 Å². The molecule has 0 aliphatic heterocycles. The highest BCUT2D eigenvalue weighted by molar-refractivity contribution is 5.87. The lowest BCUT2D eigenvalue weighted by Gasteiger charge is -2.21. The van der Waals surface area contributed by atoms with Gasteiger partial charge in [0.25, 0.3) is 0 Å². The molecular weight excluding hydrogens is 420 g/mol. The van der Waals surface area contributed by atoms with Crippen molar-refractivity contribution in [2.75, 3.05) is 13.2 Å². The van der Waals surface area contributed by atoms with Gasteiger partial charge in [0.05, 0.1) is 11.8 Å². The number of ether oxygens (including phenoxy) is 1. The van der Waals surface area contributed by atoms with Crippen LogP contribution in [-0.4, -0.2) is 42.3 Å². The van der Waals surface area contributed by atoms with E-state index in [2.05, 4.69) is 34.9 Å². The summed E-state index contributed by atoms with van der Waals surface area (Å²) < 4.78 is 5.56. The van der Waals surface area contributed by atoms with Crippen LogP contribution in [0.2, 0.25) is 0 Å². The standard InChI is InChI=1S/C26H30N2O5/c1-2-7-17(14-23(29)30)28-24(31)26(12-13-26)16-27-25(32)33-15-22-20-10-5-3-8-18(20)19-9-4-6-11-21(19)22/h3-6,8-11,17,22H,2,7,12-16H2,1H3,(H,27,32)(H,28,31)(H,29,30)/t17-/m1/s1. The molecule has 2 aromatic carbocycles. The number of hydrogen-bond donors (Lipinski definition) is 3. The number of nitrogens with one attached hydrogen (secondary N) is 2. The summed E-state index contributed by atoms with van der Waals surface area (Å²) in [5, 5.41) is 14.7. The van der Waals surface area contributed by atoms with Gasteiger partial charge in [-0.25, -0.2) is 4.79 Å². The molecule has 1 saturated carbocycles. The fourth-order valence-corrected chi connectivity index (χ4v) is 4.65. The second-order valence-electron chi connectivity index (χ2n) is 9.02. The number of carbonyl (C=O) groups is 3. The van der Waals surface area contributed by atoms with Crippen molar-refractivity contribution in [3.8, 4) is 11.1 Å². The van der Waals surface area contributed by atoms with Crippen LogP contribution in [0.25, 0.3) is 11.1 Å². The van der Waals surface area contributed by atoms with Crippen LogP contribution in [0.1, 0.15) is 56.1 Å². The van der Waals surface area contributed by atoms with Gasteiger partial charge in [0.1, 0.15) is 6.61 Å². The predicted molar refractivity (Wildman–Crippen MR) is 124 cm³/mol. The SMILES string of the molecule is CCC[C@H](CC(=O)O)NC(=O)C1(CNC(=O)OCC2c3ccccc3-c3ccccc32)CC1. The van der Waals surface area contributed by atoms with Gasteiger partial charge in [0.2, 0.25) is 5.91 Å². The summed E-state index contributed by atoms with van der Waals surface area (Å²) in [5.41, 5.74) is 3.95. The Morgan fingerprint density at radius 3 is 2.21 bits per heavy atom. The number of benzene rings is 2. The molecule has 33 heavy (non-hydrogen) atoms. The first kappa shape index (κ1) is 22.8. The lowest BCUT2D eigenvalue weighted by atomic mass is 9.98. The zero-order valence-electron chi connectivity index (χ0n) is 18.8. The van der Waals surface area contributed by atoms with Gasteiger partial charge in [-0.1, -0.05) is 61.9 Å². The van der Waals surface area contributed by atoms with Crippen LogP contribution >= 0.6 is 0 Å². The zero-order chi connectivity index (χ0) is 23.4. The monoisotopic (exact) mass is 450 g/mol. The molecule has 7 nitrogen and oxygen atoms in total. The van der Waals surface area contributed by atoms with Gasteiger partial charge < -0.3 is 20.5 Å². The average Bonchev–Trinajstić information content (AvgIpc) is 3.53. The molecule has 0 spiro atoms. The smallest absolute Gasteiger partial charge is 0.407 e. The number of carboxylic acids is 1. The highest BCUT2D eigenvalue weighted by atomic mass is 16.5. The first-order chi connectivity index (χ1) is 15.9. The van der Waals surface area contributed by atoms with E-state index < -0.39 is 23.5 Å². The van der Waals surface area contributed by atoms with E-state index in [0.29, 0.717) is 19.3 Å². The van der Waals surface area contributed by atoms with Crippen LogP contribution in [-0.2, 0) is 14.3 Å². The molecule has 1 atom stereocenters. The maximum atomic E-state index is 12.8. The van der Waals surface area contributed by atoms with E-state index in [1.165, 1.54) is 11.1 Å². The van der Waals surface area contributed by atoms with Gasteiger partial charge in [-0.3, -0.25) is 9.59 Å². The van der Waals surface area contributed by atoms with E-state index >= 15 is 0 Å². The fraction of sp³-hybridized carbons (Fsp3) is 0.423. The molecule has 2 aromatic rings. The van der Waals surface area contributed by atoms with E-state index in [9.17, 15) is 14.4 Å². The van der Waals surface area contributed by atoms with E-state index in [1.807, 2.05) is 31.2 Å². The van der Waals surface area contributed by atoms with Crippen molar-refractivity contribution < 1.29 is 24.2 Å². The molecule has 2 aliphatic carbocycles. The molecule has 2 amide bonds. The fourth-order valence-electron chi connectivity index (χ4n) is 4.65. The van der Waals surface area contributed by atoms with Gasteiger partial charge in [-0.05, 0) is 41.5 Å². The van der Waals surface area contributed by atoms with Crippen molar-refractivity contribution in [3.05, 3.63) is 59.7 Å². The number of fused-ring (bicyclic) bond motifs is 3. The Morgan fingerprint density at radius 1 is 1.06 bits per heavy atom. The number of amides is 2. The number of aliphatic carboxylic acids is 1. The molecule has 0 radical (unpaired) electrons. The highest BCUT2D eigenvalue weighted by Crippen LogP contribution is 2.46. The van der Waals surface area contributed by atoms with Gasteiger partial charge in [0, 0.05) is 18.5 Å². The second-order valence-corrected chi connectivity index (χ2v) is 9.02. The maximum Gasteiger partial charge on any atom is 0.407 e. The van der Waals surface area contributed by atoms with Crippen LogP contribution in [0.15, 0.2) is 48.5 Å². The number of hydrogen-bond acceptors (Lipinski definition) is 4. The Hall–Kier alpha value is -3.35. The summed E-state index contributed by atoms with van der Waals surface area (Å²) in [4.78, 5) is 36.3. The molecule has 2 aliphatic rings. The van der Waals surface area contributed by atoms with Crippen LogP contribution in [0, 0.1) is 5.41 Å². The molecule has 0 aromatic heterocycles. The number of carboxylic acid groups (broad SMARTS) is 1. The topological polar surface area (TPSA) is 105 Å². The third-order valence-corrected chi connectivity index (χ3v) is 6.64. The molecule has 4 rings (SSSR count). The van der Waals surface area contributed by atoms with Crippen LogP contribution in [0.4, 0.5) is 4.79 Å². The van der Waals surface area contributed by atoms with Gasteiger partial charge in [0.15, 0.2) is 0 Å². The van der Waals surface area contributed by atoms with Gasteiger partial charge in [-0.15, -0.1) is 0 Å². The molecule has 7 heteroatoms. The molecule has 174 valence electrons. The molecule has 0 bridgehead atoms. The van der Waals surface area contributed by atoms with Crippen molar-refractivity contribution in [1.82, 2.24) is 10.6 Å². The minimum Gasteiger partial charge on any atom is -0.481 e. The number of alkyl carbamates (subject to hydrolysis) is 1. The summed E-state index contributed by atoms with van der Waals surface area (Å²) in [7, 11) is 0. The summed E-state index contributed by atoms with van der Waals surface area (Å²) >= 11 is 0. The van der Waals surface area contributed by atoms with Crippen LogP contribution in [0.3, 0.4) is 0 Å². The quantitative estimate of drug-likeness (QED) is 0.506. The molecule has 0 heterocycles. The third kappa shape index (κ3) is 5.02. The van der Waals surface area contributed by atoms with Crippen molar-refractivity contribution in [3.63, 3.8) is 0 Å². The predicted octanol–water partition coefficient (Wildman–Crippen LogP) is 4.06. The molecule has 0 saturated heterocycles. The first-order valence-corrected chi connectivity index (χ1v) is 11.5. The van der Waals surface area contributed by atoms with Crippen molar-refractivity contribution in [2.24, 2.45) is 5.41 Å². The molecular formula is C26H30N2O5. The Balaban J connectivity index is 1.31. The Kier molecular flexibility index (Phi) is 6.67. The summed E-state index contributed by atoms with van der Waals surface area (Å²) in [6, 6.07) is 15.9. The summed E-state index contributed by atoms with van der Waals surface area (Å²) in [6.07, 6.45) is 2.06. The molecule has 1 fully saturated rings. The largest absolute Gasteiger partial charge is 0.481 e. The average molecular weight is 451 g/mol. The van der Waals surface area contributed by atoms with E-state index in [0.717, 1.165) is 17.5 Å². The Bertz CT molecular complexity index is 1000. The molecule has 0 unspecified atom stereocenters. The molecule has 3 N–H and O–H groups in total. The minimum atomic E-state index is -0.935. The minimum absolute atomic E-state index is 0.0212. The van der Waals surface area contributed by atoms with Crippen molar-refractivity contribution in [2.45, 2.75) is 51.0 Å². The summed E-state index contributed by atoms with van der Waals surface area (Å²) in [6.45, 7) is 2.35. The Labute approximate surface area is 193 Å². The zero-order valence-corrected chi connectivity index (χ0v) is 18.8. The van der Waals surface area contributed by atoms with Crippen molar-refractivity contribution in [1.29, 1.82) is 0 Å². The summed E-state index contributed by atoms with van der Waals surface area (Å²) in [5.74, 6) is -1.15. The lowest BCUT2D eigenvalue weighted by molar-refractivity contribution is -0.138. The second kappa shape index (κ2) is 9.65. The van der Waals surface area contributed by atoms with E-state index in [4.69, 9.17) is 9.84 Å². The van der Waals surface area contributed by atoms with E-state index in [1.54, 1.807) is 0 Å². The van der Waals surface area contributed by atoms with Crippen molar-refractivity contribution >= 4 is 18.0 Å². The van der Waals surface area contributed by atoms with Crippen LogP contribution < -0.4 is 10.6 Å². The van der Waals surface area contributed by atoms with Gasteiger partial charge >= 0.3 is 12.1 Å². The Morgan fingerprint density at radius 2 is 1.67 bits per heavy atom. The number of rotatable bonds is 10. The third-order valence-electron chi connectivity index (χ3n) is 6.64. The van der Waals surface area contributed by atoms with E-state index in [-0.39, 0.29) is 31.4 Å². The normalized spacial score (nSPS) is 16.3. The highest BCUT2D eigenvalue weighted by Gasteiger charge is 2.50.